The smallest absolute Gasteiger partial charge is 0.337 e. The molecule has 0 spiro atoms. The molecule has 2 aromatic carbocycles. The average Bonchev–Trinajstić information content (AvgIpc) is 2.67. The molecular weight excluding hydrogens is 364 g/mol. The van der Waals surface area contributed by atoms with Crippen LogP contribution in [0, 0.1) is 0 Å². The molecule has 7 heteroatoms. The Morgan fingerprint density at radius 3 is 2.19 bits per heavy atom. The Balaban J connectivity index is 2.05. The number of hydrogen-bond acceptors (Lipinski definition) is 5. The van der Waals surface area contributed by atoms with Crippen LogP contribution in [0.25, 0.3) is 0 Å². The van der Waals surface area contributed by atoms with E-state index in [1.807, 2.05) is 32.3 Å². The van der Waals surface area contributed by atoms with Gasteiger partial charge in [-0.15, -0.1) is 0 Å². The molecule has 0 bridgehead atoms. The first kappa shape index (κ1) is 21.1. The Morgan fingerprint density at radius 1 is 1.04 bits per heavy atom. The summed E-state index contributed by atoms with van der Waals surface area (Å²) < 4.78 is 29.5. The predicted octanol–water partition coefficient (Wildman–Crippen LogP) is 2.49. The maximum absolute atomic E-state index is 11.7. The van der Waals surface area contributed by atoms with E-state index in [1.165, 1.54) is 11.4 Å². The minimum absolute atomic E-state index is 0.130. The van der Waals surface area contributed by atoms with E-state index in [-0.39, 0.29) is 12.6 Å². The Kier molecular flexibility index (Phi) is 7.97. The van der Waals surface area contributed by atoms with Gasteiger partial charge in [0.15, 0.2) is 0 Å². The molecule has 6 nitrogen and oxygen atoms in total. The number of nitrogens with zero attached hydrogens (tertiary/aromatic N) is 2. The number of thiol groups is 1. The maximum Gasteiger partial charge on any atom is 0.337 e. The molecule has 0 amide bonds. The van der Waals surface area contributed by atoms with Crippen LogP contribution in [0.1, 0.15) is 33.9 Å². The third kappa shape index (κ3) is 6.16. The molecule has 0 radical (unpaired) electrons. The standard InChI is InChI=1S/C20H26N2O4S/c1-21(2)19(17-7-5-4-6-8-17)13-14-22(27(24)25)15-16-9-11-18(12-10-16)20(23)26-3/h4-12,19,27H,13-15H2,1-3H3. The first-order valence-corrected chi connectivity index (χ1v) is 9.83. The van der Waals surface area contributed by atoms with Crippen LogP contribution in [0.15, 0.2) is 54.6 Å². The summed E-state index contributed by atoms with van der Waals surface area (Å²) >= 11 is 0. The topological polar surface area (TPSA) is 66.9 Å². The van der Waals surface area contributed by atoms with Crippen molar-refractivity contribution in [2.75, 3.05) is 27.7 Å². The normalized spacial score (nSPS) is 12.5. The number of rotatable bonds is 9. The van der Waals surface area contributed by atoms with Gasteiger partial charge in [0.1, 0.15) is 0 Å². The summed E-state index contributed by atoms with van der Waals surface area (Å²) in [5, 5.41) is 0. The molecule has 0 aliphatic rings. The Morgan fingerprint density at radius 2 is 1.67 bits per heavy atom. The van der Waals surface area contributed by atoms with E-state index in [9.17, 15) is 13.2 Å². The fourth-order valence-corrected chi connectivity index (χ4v) is 3.52. The van der Waals surface area contributed by atoms with Crippen LogP contribution in [0.5, 0.6) is 0 Å². The van der Waals surface area contributed by atoms with Crippen molar-refractivity contribution in [3.8, 4) is 0 Å². The van der Waals surface area contributed by atoms with Crippen LogP contribution in [-0.4, -0.2) is 51.3 Å². The summed E-state index contributed by atoms with van der Waals surface area (Å²) in [6, 6.07) is 17.0. The Hall–Kier alpha value is -2.22. The number of benzene rings is 2. The van der Waals surface area contributed by atoms with Crippen molar-refractivity contribution >= 4 is 16.9 Å². The lowest BCUT2D eigenvalue weighted by molar-refractivity contribution is 0.0600. The first-order chi connectivity index (χ1) is 12.9. The summed E-state index contributed by atoms with van der Waals surface area (Å²) in [7, 11) is 2.60. The van der Waals surface area contributed by atoms with Crippen LogP contribution < -0.4 is 0 Å². The van der Waals surface area contributed by atoms with Gasteiger partial charge in [-0.05, 0) is 43.8 Å². The minimum atomic E-state index is -2.71. The highest BCUT2D eigenvalue weighted by atomic mass is 32.2. The number of carbonyl (C=O) groups is 1. The number of carbonyl (C=O) groups excluding carboxylic acids is 1. The summed E-state index contributed by atoms with van der Waals surface area (Å²) in [6.07, 6.45) is 0.681. The highest BCUT2D eigenvalue weighted by Gasteiger charge is 2.17. The van der Waals surface area contributed by atoms with Gasteiger partial charge in [0.2, 0.25) is 10.9 Å². The van der Waals surface area contributed by atoms with E-state index >= 15 is 0 Å². The molecule has 2 aromatic rings. The zero-order chi connectivity index (χ0) is 19.8. The van der Waals surface area contributed by atoms with Crippen molar-refractivity contribution < 1.29 is 17.9 Å². The lowest BCUT2D eigenvalue weighted by Gasteiger charge is -2.26. The molecule has 1 atom stereocenters. The lowest BCUT2D eigenvalue weighted by Crippen LogP contribution is -2.28. The number of hydrogen-bond donors (Lipinski definition) is 1. The third-order valence-electron chi connectivity index (χ3n) is 4.44. The second-order valence-electron chi connectivity index (χ2n) is 6.49. The monoisotopic (exact) mass is 390 g/mol. The van der Waals surface area contributed by atoms with E-state index in [4.69, 9.17) is 0 Å². The molecule has 0 fully saturated rings. The quantitative estimate of drug-likeness (QED) is 0.526. The molecule has 0 N–H and O–H groups in total. The molecule has 0 heterocycles. The molecule has 27 heavy (non-hydrogen) atoms. The summed E-state index contributed by atoms with van der Waals surface area (Å²) in [4.78, 5) is 13.6. The lowest BCUT2D eigenvalue weighted by atomic mass is 10.0. The van der Waals surface area contributed by atoms with Crippen molar-refractivity contribution in [3.05, 3.63) is 71.3 Å². The largest absolute Gasteiger partial charge is 0.465 e. The van der Waals surface area contributed by atoms with Crippen LogP contribution in [-0.2, 0) is 22.2 Å². The first-order valence-electron chi connectivity index (χ1n) is 8.70. The zero-order valence-corrected chi connectivity index (χ0v) is 16.8. The number of methoxy groups -OCH3 is 1. The maximum atomic E-state index is 11.7. The Labute approximate surface area is 162 Å². The van der Waals surface area contributed by atoms with Gasteiger partial charge in [-0.3, -0.25) is 0 Å². The highest BCUT2D eigenvalue weighted by Crippen LogP contribution is 2.22. The van der Waals surface area contributed by atoms with Crippen LogP contribution in [0.4, 0.5) is 0 Å². The molecule has 0 aliphatic heterocycles. The van der Waals surface area contributed by atoms with Gasteiger partial charge in [-0.1, -0.05) is 42.5 Å². The van der Waals surface area contributed by atoms with Gasteiger partial charge < -0.3 is 9.64 Å². The minimum Gasteiger partial charge on any atom is -0.465 e. The van der Waals surface area contributed by atoms with Crippen molar-refractivity contribution in [1.29, 1.82) is 0 Å². The van der Waals surface area contributed by atoms with Gasteiger partial charge in [0.25, 0.3) is 0 Å². The van der Waals surface area contributed by atoms with Crippen LogP contribution >= 0.6 is 0 Å². The second kappa shape index (κ2) is 10.2. The van der Waals surface area contributed by atoms with E-state index < -0.39 is 16.9 Å². The van der Waals surface area contributed by atoms with Crippen molar-refractivity contribution in [2.24, 2.45) is 0 Å². The van der Waals surface area contributed by atoms with E-state index in [1.54, 1.807) is 24.3 Å². The van der Waals surface area contributed by atoms with Crippen molar-refractivity contribution in [3.63, 3.8) is 0 Å². The number of ether oxygens (including phenoxy) is 1. The molecule has 2 rings (SSSR count). The molecule has 1 unspecified atom stereocenters. The zero-order valence-electron chi connectivity index (χ0n) is 15.9. The average molecular weight is 391 g/mol. The van der Waals surface area contributed by atoms with E-state index in [0.29, 0.717) is 18.5 Å². The molecular formula is C20H26N2O4S. The molecule has 0 saturated carbocycles. The number of esters is 1. The summed E-state index contributed by atoms with van der Waals surface area (Å²) in [5.41, 5.74) is 2.42. The second-order valence-corrected chi connectivity index (χ2v) is 7.53. The van der Waals surface area contributed by atoms with Crippen LogP contribution in [0.3, 0.4) is 0 Å². The fourth-order valence-electron chi connectivity index (χ4n) is 2.96. The van der Waals surface area contributed by atoms with Gasteiger partial charge in [-0.25, -0.2) is 13.2 Å². The van der Waals surface area contributed by atoms with E-state index in [0.717, 1.165) is 11.1 Å². The molecule has 146 valence electrons. The molecule has 0 aromatic heterocycles. The molecule has 0 saturated heterocycles. The van der Waals surface area contributed by atoms with Gasteiger partial charge >= 0.3 is 5.97 Å². The Bertz CT molecular complexity index is 796. The highest BCUT2D eigenvalue weighted by molar-refractivity contribution is 7.69. The van der Waals surface area contributed by atoms with Gasteiger partial charge in [0, 0.05) is 19.1 Å². The third-order valence-corrected chi connectivity index (χ3v) is 5.24. The summed E-state index contributed by atoms with van der Waals surface area (Å²) in [6.45, 7) is 0.685. The van der Waals surface area contributed by atoms with Gasteiger partial charge in [-0.2, -0.15) is 4.31 Å². The molecule has 0 aliphatic carbocycles. The summed E-state index contributed by atoms with van der Waals surface area (Å²) in [5.74, 6) is -0.412. The van der Waals surface area contributed by atoms with E-state index in [2.05, 4.69) is 21.8 Å². The van der Waals surface area contributed by atoms with Crippen molar-refractivity contribution in [1.82, 2.24) is 9.21 Å². The fraction of sp³-hybridized carbons (Fsp3) is 0.350. The SMILES string of the molecule is COC(=O)c1ccc(CN(CCC(c2ccccc2)N(C)C)[SH](=O)=O)cc1. The van der Waals surface area contributed by atoms with Gasteiger partial charge in [0.05, 0.1) is 12.7 Å². The predicted molar refractivity (Wildman–Crippen MR) is 106 cm³/mol. The van der Waals surface area contributed by atoms with Crippen LogP contribution in [0.2, 0.25) is 0 Å². The van der Waals surface area contributed by atoms with Crippen molar-refractivity contribution in [2.45, 2.75) is 19.0 Å².